The van der Waals surface area contributed by atoms with E-state index in [4.69, 9.17) is 15.9 Å². The first kappa shape index (κ1) is 12.6. The van der Waals surface area contributed by atoms with Crippen molar-refractivity contribution < 1.29 is 18.4 Å². The van der Waals surface area contributed by atoms with Crippen LogP contribution in [0.5, 0.6) is 0 Å². The molecule has 0 spiro atoms. The van der Waals surface area contributed by atoms with Crippen LogP contribution in [0.4, 0.5) is 0 Å². The van der Waals surface area contributed by atoms with E-state index < -0.39 is 11.8 Å². The minimum atomic E-state index is -0.532. The van der Waals surface area contributed by atoms with Crippen LogP contribution in [0.25, 0.3) is 0 Å². The lowest BCUT2D eigenvalue weighted by molar-refractivity contribution is 0.0966. The summed E-state index contributed by atoms with van der Waals surface area (Å²) in [6.07, 6.45) is 2.89. The molecule has 0 aromatic carbocycles. The number of rotatable bonds is 2. The van der Waals surface area contributed by atoms with E-state index in [-0.39, 0.29) is 11.5 Å². The monoisotopic (exact) mass is 236 g/mol. The van der Waals surface area contributed by atoms with Crippen LogP contribution in [-0.4, -0.2) is 11.8 Å². The highest BCUT2D eigenvalue weighted by Gasteiger charge is 2.02. The zero-order chi connectivity index (χ0) is 12.8. The van der Waals surface area contributed by atoms with Gasteiger partial charge in [0.2, 0.25) is 0 Å². The van der Waals surface area contributed by atoms with Crippen LogP contribution in [-0.2, 0) is 0 Å². The van der Waals surface area contributed by atoms with Crippen molar-refractivity contribution in [3.63, 3.8) is 0 Å². The summed E-state index contributed by atoms with van der Waals surface area (Å²) in [5.74, 6) is -0.643. The summed E-state index contributed by atoms with van der Waals surface area (Å²) < 4.78 is 9.37. The minimum absolute atomic E-state index is 0.199. The van der Waals surface area contributed by atoms with Crippen molar-refractivity contribution in [2.45, 2.75) is 6.92 Å². The molecule has 17 heavy (non-hydrogen) atoms. The predicted molar refractivity (Wildman–Crippen MR) is 59.2 cm³/mol. The maximum Gasteiger partial charge on any atom is 0.284 e. The lowest BCUT2D eigenvalue weighted by Crippen LogP contribution is -2.09. The third kappa shape index (κ3) is 3.86. The number of nitrogens with two attached hydrogens (primary N) is 2. The molecule has 0 aliphatic heterocycles. The van der Waals surface area contributed by atoms with Crippen molar-refractivity contribution >= 4 is 11.8 Å². The molecule has 6 heteroatoms. The highest BCUT2D eigenvalue weighted by atomic mass is 16.3. The smallest absolute Gasteiger partial charge is 0.284 e. The van der Waals surface area contributed by atoms with E-state index in [1.165, 1.54) is 18.6 Å². The summed E-state index contributed by atoms with van der Waals surface area (Å²) in [6.45, 7) is 1.83. The normalized spacial score (nSPS) is 9.24. The average Bonchev–Trinajstić information content (AvgIpc) is 2.87. The Labute approximate surface area is 97.2 Å². The molecule has 0 aliphatic rings. The van der Waals surface area contributed by atoms with E-state index in [1.54, 1.807) is 12.1 Å². The molecule has 90 valence electrons. The highest BCUT2D eigenvalue weighted by molar-refractivity contribution is 5.90. The van der Waals surface area contributed by atoms with Crippen LogP contribution in [0.2, 0.25) is 0 Å². The van der Waals surface area contributed by atoms with Gasteiger partial charge in [0.05, 0.1) is 12.5 Å². The van der Waals surface area contributed by atoms with Gasteiger partial charge in [-0.15, -0.1) is 0 Å². The number of carbonyl (C=O) groups excluding carboxylic acids is 2. The Hall–Kier alpha value is -2.50. The van der Waals surface area contributed by atoms with Gasteiger partial charge in [-0.1, -0.05) is 0 Å². The number of hydrogen-bond acceptors (Lipinski definition) is 4. The molecule has 0 radical (unpaired) electrons. The standard InChI is InChI=1S/C6H7NO2.C5H5NO2/c1-4-2-5(6(7)8)9-3-4;6-5(7)4-2-1-3-8-4/h2-3H,1H3,(H2,7,8);1-3H,(H2,6,7). The largest absolute Gasteiger partial charge is 0.459 e. The third-order valence-corrected chi connectivity index (χ3v) is 1.74. The second-order valence-corrected chi connectivity index (χ2v) is 3.19. The van der Waals surface area contributed by atoms with Gasteiger partial charge >= 0.3 is 0 Å². The maximum absolute atomic E-state index is 10.3. The Balaban J connectivity index is 0.000000171. The van der Waals surface area contributed by atoms with Gasteiger partial charge in [0.25, 0.3) is 11.8 Å². The van der Waals surface area contributed by atoms with E-state index in [9.17, 15) is 9.59 Å². The van der Waals surface area contributed by atoms with Gasteiger partial charge in [-0.3, -0.25) is 9.59 Å². The molecule has 0 unspecified atom stereocenters. The van der Waals surface area contributed by atoms with E-state index in [0.29, 0.717) is 0 Å². The summed E-state index contributed by atoms with van der Waals surface area (Å²) in [6, 6.07) is 4.73. The second-order valence-electron chi connectivity index (χ2n) is 3.19. The van der Waals surface area contributed by atoms with Gasteiger partial charge in [0, 0.05) is 0 Å². The Morgan fingerprint density at radius 2 is 1.76 bits per heavy atom. The van der Waals surface area contributed by atoms with Gasteiger partial charge in [-0.05, 0) is 30.7 Å². The van der Waals surface area contributed by atoms with Gasteiger partial charge in [0.1, 0.15) is 0 Å². The molecule has 4 N–H and O–H groups in total. The molecule has 2 rings (SSSR count). The Morgan fingerprint density at radius 3 is 2.00 bits per heavy atom. The first-order valence-electron chi connectivity index (χ1n) is 4.69. The van der Waals surface area contributed by atoms with Crippen molar-refractivity contribution in [3.8, 4) is 0 Å². The molecule has 2 aromatic heterocycles. The summed E-state index contributed by atoms with van der Waals surface area (Å²) in [5.41, 5.74) is 10.6. The van der Waals surface area contributed by atoms with Crippen molar-refractivity contribution in [2.75, 3.05) is 0 Å². The van der Waals surface area contributed by atoms with E-state index >= 15 is 0 Å². The van der Waals surface area contributed by atoms with Crippen LogP contribution >= 0.6 is 0 Å². The van der Waals surface area contributed by atoms with Crippen LogP contribution in [0.15, 0.2) is 39.6 Å². The molecule has 2 heterocycles. The number of furan rings is 2. The van der Waals surface area contributed by atoms with Gasteiger partial charge < -0.3 is 20.3 Å². The molecule has 0 atom stereocenters. The molecule has 2 amide bonds. The minimum Gasteiger partial charge on any atom is -0.459 e. The predicted octanol–water partition coefficient (Wildman–Crippen LogP) is 1.07. The summed E-state index contributed by atoms with van der Waals surface area (Å²) in [7, 11) is 0. The fraction of sp³-hybridized carbons (Fsp3) is 0.0909. The molecular weight excluding hydrogens is 224 g/mol. The van der Waals surface area contributed by atoms with Crippen LogP contribution < -0.4 is 11.5 Å². The fourth-order valence-corrected chi connectivity index (χ4v) is 0.979. The number of aryl methyl sites for hydroxylation is 1. The SMILES string of the molecule is Cc1coc(C(N)=O)c1.NC(=O)c1ccco1. The number of hydrogen-bond donors (Lipinski definition) is 2. The Bertz CT molecular complexity index is 499. The van der Waals surface area contributed by atoms with Crippen LogP contribution in [0, 0.1) is 6.92 Å². The van der Waals surface area contributed by atoms with Gasteiger partial charge in [-0.2, -0.15) is 0 Å². The number of carbonyl (C=O) groups is 2. The van der Waals surface area contributed by atoms with E-state index in [2.05, 4.69) is 4.42 Å². The molecule has 0 fully saturated rings. The van der Waals surface area contributed by atoms with Crippen molar-refractivity contribution in [1.82, 2.24) is 0 Å². The Morgan fingerprint density at radius 1 is 1.12 bits per heavy atom. The molecule has 0 aliphatic carbocycles. The van der Waals surface area contributed by atoms with Gasteiger partial charge in [0.15, 0.2) is 11.5 Å². The first-order chi connectivity index (χ1) is 8.00. The fourth-order valence-electron chi connectivity index (χ4n) is 0.979. The summed E-state index contributed by atoms with van der Waals surface area (Å²) in [5, 5.41) is 0. The third-order valence-electron chi connectivity index (χ3n) is 1.74. The first-order valence-corrected chi connectivity index (χ1v) is 4.69. The van der Waals surface area contributed by atoms with Crippen molar-refractivity contribution in [1.29, 1.82) is 0 Å². The summed E-state index contributed by atoms with van der Waals surface area (Å²) >= 11 is 0. The van der Waals surface area contributed by atoms with Gasteiger partial charge in [-0.25, -0.2) is 0 Å². The van der Waals surface area contributed by atoms with Crippen molar-refractivity contribution in [2.24, 2.45) is 11.5 Å². The zero-order valence-electron chi connectivity index (χ0n) is 9.17. The van der Waals surface area contributed by atoms with E-state index in [0.717, 1.165) is 5.56 Å². The summed E-state index contributed by atoms with van der Waals surface area (Å²) in [4.78, 5) is 20.5. The second kappa shape index (κ2) is 5.55. The number of amides is 2. The molecular formula is C11H12N2O4. The van der Waals surface area contributed by atoms with E-state index in [1.807, 2.05) is 6.92 Å². The zero-order valence-corrected chi connectivity index (χ0v) is 9.17. The lowest BCUT2D eigenvalue weighted by atomic mass is 10.3. The van der Waals surface area contributed by atoms with Crippen LogP contribution in [0.3, 0.4) is 0 Å². The topological polar surface area (TPSA) is 112 Å². The maximum atomic E-state index is 10.3. The van der Waals surface area contributed by atoms with Crippen LogP contribution in [0.1, 0.15) is 26.7 Å². The molecule has 0 bridgehead atoms. The molecule has 0 saturated carbocycles. The molecule has 0 saturated heterocycles. The Kier molecular flexibility index (Phi) is 4.10. The number of primary amides is 2. The quantitative estimate of drug-likeness (QED) is 0.811. The highest BCUT2D eigenvalue weighted by Crippen LogP contribution is 2.03. The lowest BCUT2D eigenvalue weighted by Gasteiger charge is -1.80. The van der Waals surface area contributed by atoms with Crippen molar-refractivity contribution in [3.05, 3.63) is 47.8 Å². The molecule has 2 aromatic rings. The molecule has 6 nitrogen and oxygen atoms in total. The average molecular weight is 236 g/mol.